The molecule has 4 rings (SSSR count). The average Bonchev–Trinajstić information content (AvgIpc) is 3.33. The number of hydrogen-bond acceptors (Lipinski definition) is 6. The predicted molar refractivity (Wildman–Crippen MR) is 97.1 cm³/mol. The van der Waals surface area contributed by atoms with Gasteiger partial charge in [0.15, 0.2) is 0 Å². The topological polar surface area (TPSA) is 58.6 Å². The second-order valence-corrected chi connectivity index (χ2v) is 7.78. The standard InChI is InChI=1S/C18H22N4O2S/c1-13-4-5-16(25-13)17(23)22-10-11-24-15(12-22)14-6-7-19-18(20-14)21-8-2-3-9-21/h4-7,15H,2-3,8-12H2,1H3. The normalized spacial score (nSPS) is 20.9. The molecule has 7 heteroatoms. The van der Waals surface area contributed by atoms with E-state index >= 15 is 0 Å². The minimum Gasteiger partial charge on any atom is -0.368 e. The third kappa shape index (κ3) is 3.52. The Morgan fingerprint density at radius 3 is 2.84 bits per heavy atom. The van der Waals surface area contributed by atoms with Gasteiger partial charge in [-0.25, -0.2) is 9.97 Å². The number of ether oxygens (including phenoxy) is 1. The van der Waals surface area contributed by atoms with Crippen LogP contribution in [-0.4, -0.2) is 53.6 Å². The average molecular weight is 358 g/mol. The van der Waals surface area contributed by atoms with Gasteiger partial charge in [-0.05, 0) is 38.0 Å². The maximum atomic E-state index is 12.7. The lowest BCUT2D eigenvalue weighted by atomic mass is 10.2. The number of aromatic nitrogens is 2. The van der Waals surface area contributed by atoms with Gasteiger partial charge in [-0.1, -0.05) is 0 Å². The van der Waals surface area contributed by atoms with Crippen LogP contribution in [0.5, 0.6) is 0 Å². The number of rotatable bonds is 3. The fraction of sp³-hybridized carbons (Fsp3) is 0.500. The van der Waals surface area contributed by atoms with Crippen LogP contribution in [0.3, 0.4) is 0 Å². The highest BCUT2D eigenvalue weighted by atomic mass is 32.1. The number of nitrogens with zero attached hydrogens (tertiary/aromatic N) is 4. The summed E-state index contributed by atoms with van der Waals surface area (Å²) in [5.74, 6) is 0.858. The first-order valence-corrected chi connectivity index (χ1v) is 9.57. The van der Waals surface area contributed by atoms with Crippen LogP contribution in [0.1, 0.15) is 39.2 Å². The van der Waals surface area contributed by atoms with Crippen LogP contribution in [-0.2, 0) is 4.74 Å². The molecule has 4 heterocycles. The van der Waals surface area contributed by atoms with Gasteiger partial charge in [-0.2, -0.15) is 0 Å². The molecule has 6 nitrogen and oxygen atoms in total. The van der Waals surface area contributed by atoms with Crippen LogP contribution in [0.25, 0.3) is 0 Å². The Morgan fingerprint density at radius 2 is 2.08 bits per heavy atom. The molecule has 1 amide bonds. The van der Waals surface area contributed by atoms with Crippen LogP contribution in [0.2, 0.25) is 0 Å². The zero-order valence-corrected chi connectivity index (χ0v) is 15.2. The molecule has 2 aromatic heterocycles. The predicted octanol–water partition coefficient (Wildman–Crippen LogP) is 2.66. The number of thiophene rings is 1. The third-order valence-corrected chi connectivity index (χ3v) is 5.68. The highest BCUT2D eigenvalue weighted by Gasteiger charge is 2.28. The van der Waals surface area contributed by atoms with E-state index in [1.165, 1.54) is 12.8 Å². The summed E-state index contributed by atoms with van der Waals surface area (Å²) in [5.41, 5.74) is 0.858. The van der Waals surface area contributed by atoms with E-state index in [0.29, 0.717) is 19.7 Å². The van der Waals surface area contributed by atoms with Crippen LogP contribution >= 0.6 is 11.3 Å². The third-order valence-electron chi connectivity index (χ3n) is 4.69. The lowest BCUT2D eigenvalue weighted by Crippen LogP contribution is -2.42. The van der Waals surface area contributed by atoms with Gasteiger partial charge in [-0.15, -0.1) is 11.3 Å². The number of hydrogen-bond donors (Lipinski definition) is 0. The van der Waals surface area contributed by atoms with E-state index in [1.807, 2.05) is 30.0 Å². The van der Waals surface area contributed by atoms with E-state index in [1.54, 1.807) is 17.5 Å². The molecular formula is C18H22N4O2S. The summed E-state index contributed by atoms with van der Waals surface area (Å²) in [6, 6.07) is 5.79. The first kappa shape index (κ1) is 16.5. The van der Waals surface area contributed by atoms with Crippen molar-refractivity contribution in [3.63, 3.8) is 0 Å². The fourth-order valence-corrected chi connectivity index (χ4v) is 4.16. The van der Waals surface area contributed by atoms with Gasteiger partial charge in [0.05, 0.1) is 23.7 Å². The minimum absolute atomic E-state index is 0.0835. The molecule has 2 fully saturated rings. The zero-order chi connectivity index (χ0) is 17.2. The number of carbonyl (C=O) groups excluding carboxylic acids is 1. The molecule has 0 radical (unpaired) electrons. The summed E-state index contributed by atoms with van der Waals surface area (Å²) in [4.78, 5) is 27.8. The van der Waals surface area contributed by atoms with Crippen molar-refractivity contribution >= 4 is 23.2 Å². The van der Waals surface area contributed by atoms with Crippen LogP contribution < -0.4 is 4.90 Å². The van der Waals surface area contributed by atoms with Gasteiger partial charge in [0, 0.05) is 30.7 Å². The van der Waals surface area contributed by atoms with Gasteiger partial charge in [0.2, 0.25) is 5.95 Å². The summed E-state index contributed by atoms with van der Waals surface area (Å²) in [7, 11) is 0. The molecule has 1 atom stereocenters. The minimum atomic E-state index is -0.192. The van der Waals surface area contributed by atoms with Crippen LogP contribution in [0.15, 0.2) is 24.4 Å². The van der Waals surface area contributed by atoms with Crippen LogP contribution in [0, 0.1) is 6.92 Å². The SMILES string of the molecule is Cc1ccc(C(=O)N2CCOC(c3ccnc(N4CCCC4)n3)C2)s1. The summed E-state index contributed by atoms with van der Waals surface area (Å²) in [5, 5.41) is 0. The van der Waals surface area contributed by atoms with E-state index in [4.69, 9.17) is 9.72 Å². The molecule has 0 N–H and O–H groups in total. The molecule has 2 aliphatic rings. The van der Waals surface area contributed by atoms with E-state index in [2.05, 4.69) is 9.88 Å². The van der Waals surface area contributed by atoms with E-state index in [0.717, 1.165) is 34.5 Å². The monoisotopic (exact) mass is 358 g/mol. The Balaban J connectivity index is 1.49. The molecular weight excluding hydrogens is 336 g/mol. The van der Waals surface area contributed by atoms with Crippen molar-refractivity contribution in [3.8, 4) is 0 Å². The summed E-state index contributed by atoms with van der Waals surface area (Å²) < 4.78 is 5.90. The Hall–Kier alpha value is -1.99. The largest absolute Gasteiger partial charge is 0.368 e. The fourth-order valence-electron chi connectivity index (χ4n) is 3.33. The second kappa shape index (κ2) is 7.09. The number of morpholine rings is 1. The molecule has 0 aliphatic carbocycles. The van der Waals surface area contributed by atoms with Crippen molar-refractivity contribution < 1.29 is 9.53 Å². The summed E-state index contributed by atoms with van der Waals surface area (Å²) in [6.07, 6.45) is 3.98. The van der Waals surface area contributed by atoms with Crippen molar-refractivity contribution in [1.82, 2.24) is 14.9 Å². The van der Waals surface area contributed by atoms with Gasteiger partial charge >= 0.3 is 0 Å². The highest BCUT2D eigenvalue weighted by molar-refractivity contribution is 7.13. The number of carbonyl (C=O) groups is 1. The van der Waals surface area contributed by atoms with Crippen molar-refractivity contribution in [2.45, 2.75) is 25.9 Å². The van der Waals surface area contributed by atoms with Crippen molar-refractivity contribution in [2.24, 2.45) is 0 Å². The van der Waals surface area contributed by atoms with Crippen LogP contribution in [0.4, 0.5) is 5.95 Å². The van der Waals surface area contributed by atoms with Crippen molar-refractivity contribution in [2.75, 3.05) is 37.7 Å². The first-order valence-electron chi connectivity index (χ1n) is 8.76. The summed E-state index contributed by atoms with van der Waals surface area (Å²) >= 11 is 1.54. The second-order valence-electron chi connectivity index (χ2n) is 6.50. The Morgan fingerprint density at radius 1 is 1.24 bits per heavy atom. The van der Waals surface area contributed by atoms with Gasteiger partial charge < -0.3 is 14.5 Å². The molecule has 0 spiro atoms. The maximum absolute atomic E-state index is 12.7. The zero-order valence-electron chi connectivity index (χ0n) is 14.4. The number of amides is 1. The molecule has 0 saturated carbocycles. The maximum Gasteiger partial charge on any atom is 0.264 e. The van der Waals surface area contributed by atoms with Gasteiger partial charge in [0.25, 0.3) is 5.91 Å². The molecule has 0 aromatic carbocycles. The van der Waals surface area contributed by atoms with Crippen molar-refractivity contribution in [3.05, 3.63) is 39.8 Å². The van der Waals surface area contributed by atoms with Gasteiger partial charge in [-0.3, -0.25) is 4.79 Å². The van der Waals surface area contributed by atoms with E-state index in [-0.39, 0.29) is 12.0 Å². The Kier molecular flexibility index (Phi) is 4.67. The Bertz CT molecular complexity index is 757. The van der Waals surface area contributed by atoms with Crippen molar-refractivity contribution in [1.29, 1.82) is 0 Å². The molecule has 25 heavy (non-hydrogen) atoms. The number of anilines is 1. The summed E-state index contributed by atoms with van der Waals surface area (Å²) in [6.45, 7) is 5.73. The first-order chi connectivity index (χ1) is 12.2. The van der Waals surface area contributed by atoms with E-state index in [9.17, 15) is 4.79 Å². The lowest BCUT2D eigenvalue weighted by molar-refractivity contribution is -0.0245. The molecule has 132 valence electrons. The molecule has 1 unspecified atom stereocenters. The molecule has 0 bridgehead atoms. The smallest absolute Gasteiger partial charge is 0.264 e. The quantitative estimate of drug-likeness (QED) is 0.844. The Labute approximate surface area is 151 Å². The lowest BCUT2D eigenvalue weighted by Gasteiger charge is -2.32. The van der Waals surface area contributed by atoms with Gasteiger partial charge in [0.1, 0.15) is 6.10 Å². The number of aryl methyl sites for hydroxylation is 1. The van der Waals surface area contributed by atoms with E-state index < -0.39 is 0 Å². The molecule has 2 aliphatic heterocycles. The highest BCUT2D eigenvalue weighted by Crippen LogP contribution is 2.25. The molecule has 2 aromatic rings. The molecule has 2 saturated heterocycles.